The van der Waals surface area contributed by atoms with Crippen LogP contribution in [-0.4, -0.2) is 35.5 Å². The molecule has 0 bridgehead atoms. The Labute approximate surface area is 119 Å². The molecule has 3 rings (SSSR count). The van der Waals surface area contributed by atoms with Crippen LogP contribution in [-0.2, 0) is 4.79 Å². The van der Waals surface area contributed by atoms with Crippen molar-refractivity contribution in [1.82, 2.24) is 9.97 Å². The fourth-order valence-electron chi connectivity index (χ4n) is 3.27. The van der Waals surface area contributed by atoms with Gasteiger partial charge in [-0.3, -0.25) is 4.79 Å². The van der Waals surface area contributed by atoms with Crippen molar-refractivity contribution >= 4 is 23.4 Å². The SMILES string of the molecule is CC1CN(C2CCCC2)c2nc(N)ncc2N(C)C1=O. The first kappa shape index (κ1) is 13.1. The van der Waals surface area contributed by atoms with Gasteiger partial charge in [0.2, 0.25) is 11.9 Å². The number of nitrogens with two attached hydrogens (primary N) is 1. The van der Waals surface area contributed by atoms with Gasteiger partial charge in [-0.25, -0.2) is 4.98 Å². The molecule has 0 radical (unpaired) electrons. The average molecular weight is 275 g/mol. The van der Waals surface area contributed by atoms with Gasteiger partial charge in [-0.05, 0) is 12.8 Å². The van der Waals surface area contributed by atoms with Gasteiger partial charge in [0.1, 0.15) is 5.69 Å². The van der Waals surface area contributed by atoms with Crippen LogP contribution in [0.4, 0.5) is 17.5 Å². The van der Waals surface area contributed by atoms with Crippen LogP contribution < -0.4 is 15.5 Å². The van der Waals surface area contributed by atoms with Crippen LogP contribution >= 0.6 is 0 Å². The molecule has 1 saturated carbocycles. The lowest BCUT2D eigenvalue weighted by molar-refractivity contribution is -0.121. The third-order valence-electron chi connectivity index (χ3n) is 4.39. The Morgan fingerprint density at radius 2 is 2.05 bits per heavy atom. The number of carbonyl (C=O) groups is 1. The second kappa shape index (κ2) is 4.92. The highest BCUT2D eigenvalue weighted by Gasteiger charge is 2.34. The number of hydrogen-bond acceptors (Lipinski definition) is 5. The lowest BCUT2D eigenvalue weighted by Crippen LogP contribution is -2.38. The number of nitrogens with zero attached hydrogens (tertiary/aromatic N) is 4. The van der Waals surface area contributed by atoms with Crippen molar-refractivity contribution in [2.24, 2.45) is 5.92 Å². The molecule has 1 fully saturated rings. The maximum atomic E-state index is 12.4. The lowest BCUT2D eigenvalue weighted by atomic mass is 10.1. The third kappa shape index (κ3) is 2.09. The van der Waals surface area contributed by atoms with Gasteiger partial charge < -0.3 is 15.5 Å². The summed E-state index contributed by atoms with van der Waals surface area (Å²) >= 11 is 0. The monoisotopic (exact) mass is 275 g/mol. The second-order valence-electron chi connectivity index (χ2n) is 5.83. The number of amides is 1. The highest BCUT2D eigenvalue weighted by molar-refractivity contribution is 5.98. The van der Waals surface area contributed by atoms with Gasteiger partial charge in [-0.2, -0.15) is 4.98 Å². The molecular weight excluding hydrogens is 254 g/mol. The Balaban J connectivity index is 2.07. The highest BCUT2D eigenvalue weighted by atomic mass is 16.2. The summed E-state index contributed by atoms with van der Waals surface area (Å²) in [6.45, 7) is 2.68. The van der Waals surface area contributed by atoms with E-state index in [0.29, 0.717) is 12.6 Å². The molecule has 1 unspecified atom stereocenters. The first-order chi connectivity index (χ1) is 9.58. The number of hydrogen-bond donors (Lipinski definition) is 1. The molecule has 2 N–H and O–H groups in total. The minimum absolute atomic E-state index is 0.0453. The van der Waals surface area contributed by atoms with E-state index < -0.39 is 0 Å². The van der Waals surface area contributed by atoms with Crippen molar-refractivity contribution in [3.05, 3.63) is 6.20 Å². The summed E-state index contributed by atoms with van der Waals surface area (Å²) in [5, 5.41) is 0. The lowest BCUT2D eigenvalue weighted by Gasteiger charge is -2.30. The molecular formula is C14H21N5O. The van der Waals surface area contributed by atoms with Crippen LogP contribution in [0.15, 0.2) is 6.20 Å². The molecule has 0 spiro atoms. The van der Waals surface area contributed by atoms with Crippen LogP contribution in [0.3, 0.4) is 0 Å². The van der Waals surface area contributed by atoms with Crippen LogP contribution in [0, 0.1) is 5.92 Å². The van der Waals surface area contributed by atoms with Crippen LogP contribution in [0.1, 0.15) is 32.6 Å². The third-order valence-corrected chi connectivity index (χ3v) is 4.39. The fourth-order valence-corrected chi connectivity index (χ4v) is 3.27. The Hall–Kier alpha value is -1.85. The zero-order chi connectivity index (χ0) is 14.3. The van der Waals surface area contributed by atoms with Crippen molar-refractivity contribution in [2.75, 3.05) is 29.1 Å². The van der Waals surface area contributed by atoms with Gasteiger partial charge in [0.25, 0.3) is 0 Å². The van der Waals surface area contributed by atoms with Crippen LogP contribution in [0.5, 0.6) is 0 Å². The summed E-state index contributed by atoms with van der Waals surface area (Å²) in [6.07, 6.45) is 6.47. The molecule has 1 aromatic heterocycles. The standard InChI is InChI=1S/C14H21N5O/c1-9-8-19(10-5-3-4-6-10)12-11(18(2)13(9)20)7-16-14(15)17-12/h7,9-10H,3-6,8H2,1-2H3,(H2,15,16,17). The quantitative estimate of drug-likeness (QED) is 0.839. The van der Waals surface area contributed by atoms with E-state index in [9.17, 15) is 4.79 Å². The molecule has 0 saturated heterocycles. The Kier molecular flexibility index (Phi) is 3.23. The molecule has 1 amide bonds. The van der Waals surface area contributed by atoms with Crippen LogP contribution in [0.25, 0.3) is 0 Å². The van der Waals surface area contributed by atoms with E-state index in [-0.39, 0.29) is 17.8 Å². The number of rotatable bonds is 1. The van der Waals surface area contributed by atoms with E-state index in [1.54, 1.807) is 18.1 Å². The molecule has 0 aromatic carbocycles. The van der Waals surface area contributed by atoms with Crippen molar-refractivity contribution in [3.8, 4) is 0 Å². The molecule has 2 aliphatic rings. The normalized spacial score (nSPS) is 23.9. The number of carbonyl (C=O) groups excluding carboxylic acids is 1. The maximum Gasteiger partial charge on any atom is 0.231 e. The fraction of sp³-hybridized carbons (Fsp3) is 0.643. The predicted octanol–water partition coefficient (Wildman–Crippen LogP) is 1.42. The van der Waals surface area contributed by atoms with E-state index in [1.165, 1.54) is 12.8 Å². The van der Waals surface area contributed by atoms with E-state index in [1.807, 2.05) is 6.92 Å². The van der Waals surface area contributed by atoms with Crippen molar-refractivity contribution in [3.63, 3.8) is 0 Å². The van der Waals surface area contributed by atoms with E-state index in [4.69, 9.17) is 5.73 Å². The van der Waals surface area contributed by atoms with Gasteiger partial charge in [-0.15, -0.1) is 0 Å². The maximum absolute atomic E-state index is 12.4. The first-order valence-corrected chi connectivity index (χ1v) is 7.24. The smallest absolute Gasteiger partial charge is 0.231 e. The number of nitrogen functional groups attached to an aromatic ring is 1. The minimum Gasteiger partial charge on any atom is -0.368 e. The summed E-state index contributed by atoms with van der Waals surface area (Å²) in [7, 11) is 1.79. The summed E-state index contributed by atoms with van der Waals surface area (Å²) < 4.78 is 0. The van der Waals surface area contributed by atoms with E-state index in [0.717, 1.165) is 24.3 Å². The van der Waals surface area contributed by atoms with Crippen LogP contribution in [0.2, 0.25) is 0 Å². The summed E-state index contributed by atoms with van der Waals surface area (Å²) in [5.41, 5.74) is 6.52. The molecule has 1 atom stereocenters. The molecule has 1 aliphatic heterocycles. The van der Waals surface area contributed by atoms with E-state index >= 15 is 0 Å². The number of fused-ring (bicyclic) bond motifs is 1. The summed E-state index contributed by atoms with van der Waals surface area (Å²) in [6, 6.07) is 0.463. The first-order valence-electron chi connectivity index (χ1n) is 7.24. The molecule has 108 valence electrons. The zero-order valence-electron chi connectivity index (χ0n) is 12.0. The Morgan fingerprint density at radius 3 is 2.75 bits per heavy atom. The van der Waals surface area contributed by atoms with Crippen molar-refractivity contribution in [1.29, 1.82) is 0 Å². The van der Waals surface area contributed by atoms with Gasteiger partial charge in [0, 0.05) is 19.6 Å². The zero-order valence-corrected chi connectivity index (χ0v) is 12.0. The summed E-state index contributed by atoms with van der Waals surface area (Å²) in [4.78, 5) is 24.8. The minimum atomic E-state index is -0.0453. The van der Waals surface area contributed by atoms with Gasteiger partial charge in [0.05, 0.1) is 12.1 Å². The van der Waals surface area contributed by atoms with Crippen molar-refractivity contribution < 1.29 is 4.79 Å². The summed E-state index contributed by atoms with van der Waals surface area (Å²) in [5.74, 6) is 1.14. The van der Waals surface area contributed by atoms with E-state index in [2.05, 4.69) is 14.9 Å². The molecule has 1 aromatic rings. The Bertz CT molecular complexity index is 526. The molecule has 1 aliphatic carbocycles. The average Bonchev–Trinajstić information content (AvgIpc) is 2.94. The molecule has 6 heteroatoms. The second-order valence-corrected chi connectivity index (χ2v) is 5.83. The largest absolute Gasteiger partial charge is 0.368 e. The van der Waals surface area contributed by atoms with Gasteiger partial charge >= 0.3 is 0 Å². The number of aromatic nitrogens is 2. The molecule has 20 heavy (non-hydrogen) atoms. The van der Waals surface area contributed by atoms with Gasteiger partial charge in [-0.1, -0.05) is 19.8 Å². The highest BCUT2D eigenvalue weighted by Crippen LogP contribution is 2.36. The molecule has 6 nitrogen and oxygen atoms in total. The molecule has 2 heterocycles. The predicted molar refractivity (Wildman–Crippen MR) is 78.6 cm³/mol. The number of anilines is 3. The Morgan fingerprint density at radius 1 is 1.35 bits per heavy atom. The topological polar surface area (TPSA) is 75.4 Å². The van der Waals surface area contributed by atoms with Crippen molar-refractivity contribution in [2.45, 2.75) is 38.6 Å². The van der Waals surface area contributed by atoms with Gasteiger partial charge in [0.15, 0.2) is 5.82 Å².